The molecule has 0 aliphatic heterocycles. The Bertz CT molecular complexity index is 387. The maximum absolute atomic E-state index is 12.1. The Morgan fingerprint density at radius 3 is 2.56 bits per heavy atom. The lowest BCUT2D eigenvalue weighted by Gasteiger charge is -2.27. The van der Waals surface area contributed by atoms with E-state index in [4.69, 9.17) is 11.6 Å². The minimum absolute atomic E-state index is 0.0353. The summed E-state index contributed by atoms with van der Waals surface area (Å²) < 4.78 is 0. The van der Waals surface area contributed by atoms with Crippen LogP contribution in [-0.2, 0) is 4.79 Å². The van der Waals surface area contributed by atoms with Crippen LogP contribution in [0.4, 0.5) is 5.69 Å². The molecule has 16 heavy (non-hydrogen) atoms. The molecule has 1 rings (SSSR count). The molecule has 1 amide bonds. The molecule has 0 aromatic heterocycles. The van der Waals surface area contributed by atoms with Crippen LogP contribution >= 0.6 is 11.6 Å². The van der Waals surface area contributed by atoms with Gasteiger partial charge in [-0.2, -0.15) is 0 Å². The third kappa shape index (κ3) is 2.76. The van der Waals surface area contributed by atoms with Gasteiger partial charge in [0.25, 0.3) is 0 Å². The summed E-state index contributed by atoms with van der Waals surface area (Å²) in [6, 6.07) is 7.87. The molecular formula is C13H18ClNO. The molecule has 2 nitrogen and oxygen atoms in total. The van der Waals surface area contributed by atoms with E-state index in [2.05, 4.69) is 0 Å². The predicted octanol–water partition coefficient (Wildman–Crippen LogP) is 3.22. The lowest BCUT2D eigenvalue weighted by atomic mass is 9.94. The molecule has 0 radical (unpaired) electrons. The first-order chi connectivity index (χ1) is 7.38. The van der Waals surface area contributed by atoms with E-state index in [1.807, 2.05) is 45.0 Å². The molecule has 0 fully saturated rings. The standard InChI is InChI=1S/C13H18ClNO/c1-10-6-5-7-11(8-10)15(4)12(16)13(2,3)9-14/h5-8H,9H2,1-4H3. The number of hydrogen-bond acceptors (Lipinski definition) is 1. The van der Waals surface area contributed by atoms with E-state index in [0.29, 0.717) is 5.88 Å². The first kappa shape index (κ1) is 13.0. The number of rotatable bonds is 3. The van der Waals surface area contributed by atoms with Gasteiger partial charge in [0.15, 0.2) is 0 Å². The number of aryl methyl sites for hydroxylation is 1. The Morgan fingerprint density at radius 1 is 1.44 bits per heavy atom. The second-order valence-corrected chi connectivity index (χ2v) is 4.99. The number of hydrogen-bond donors (Lipinski definition) is 0. The zero-order valence-electron chi connectivity index (χ0n) is 10.2. The number of halogens is 1. The van der Waals surface area contributed by atoms with Crippen LogP contribution in [0.15, 0.2) is 24.3 Å². The lowest BCUT2D eigenvalue weighted by molar-refractivity contribution is -0.125. The summed E-state index contributed by atoms with van der Waals surface area (Å²) in [5.41, 5.74) is 1.52. The molecule has 3 heteroatoms. The number of nitrogens with zero attached hydrogens (tertiary/aromatic N) is 1. The molecule has 0 aliphatic carbocycles. The third-order valence-electron chi connectivity index (χ3n) is 2.61. The minimum atomic E-state index is -0.528. The molecule has 0 N–H and O–H groups in total. The van der Waals surface area contributed by atoms with Crippen LogP contribution in [0.3, 0.4) is 0 Å². The van der Waals surface area contributed by atoms with Crippen molar-refractivity contribution in [3.05, 3.63) is 29.8 Å². The van der Waals surface area contributed by atoms with E-state index in [9.17, 15) is 4.79 Å². The molecule has 0 heterocycles. The molecular weight excluding hydrogens is 222 g/mol. The minimum Gasteiger partial charge on any atom is -0.315 e. The molecule has 0 unspecified atom stereocenters. The highest BCUT2D eigenvalue weighted by Gasteiger charge is 2.30. The summed E-state index contributed by atoms with van der Waals surface area (Å²) in [4.78, 5) is 13.8. The molecule has 0 bridgehead atoms. The van der Waals surface area contributed by atoms with E-state index in [1.165, 1.54) is 0 Å². The molecule has 0 aliphatic rings. The fraction of sp³-hybridized carbons (Fsp3) is 0.462. The van der Waals surface area contributed by atoms with E-state index in [0.717, 1.165) is 11.3 Å². The van der Waals surface area contributed by atoms with Crippen LogP contribution in [0.2, 0.25) is 0 Å². The predicted molar refractivity (Wildman–Crippen MR) is 69.1 cm³/mol. The van der Waals surface area contributed by atoms with Gasteiger partial charge in [0.1, 0.15) is 0 Å². The average molecular weight is 240 g/mol. The number of carbonyl (C=O) groups excluding carboxylic acids is 1. The van der Waals surface area contributed by atoms with Gasteiger partial charge < -0.3 is 4.90 Å². The molecule has 1 aromatic rings. The Morgan fingerprint density at radius 2 is 2.06 bits per heavy atom. The van der Waals surface area contributed by atoms with Gasteiger partial charge >= 0.3 is 0 Å². The van der Waals surface area contributed by atoms with E-state index in [1.54, 1.807) is 11.9 Å². The number of carbonyl (C=O) groups is 1. The van der Waals surface area contributed by atoms with E-state index < -0.39 is 5.41 Å². The van der Waals surface area contributed by atoms with Gasteiger partial charge in [-0.25, -0.2) is 0 Å². The first-order valence-corrected chi connectivity index (χ1v) is 5.83. The lowest BCUT2D eigenvalue weighted by Crippen LogP contribution is -2.39. The summed E-state index contributed by atoms with van der Waals surface area (Å²) in [6.45, 7) is 5.72. The maximum Gasteiger partial charge on any atom is 0.233 e. The summed E-state index contributed by atoms with van der Waals surface area (Å²) in [5, 5.41) is 0. The zero-order chi connectivity index (χ0) is 12.3. The second-order valence-electron chi connectivity index (χ2n) is 4.72. The van der Waals surface area contributed by atoms with Crippen molar-refractivity contribution in [3.63, 3.8) is 0 Å². The SMILES string of the molecule is Cc1cccc(N(C)C(=O)C(C)(C)CCl)c1. The number of amides is 1. The van der Waals surface area contributed by atoms with Crippen molar-refractivity contribution >= 4 is 23.2 Å². The van der Waals surface area contributed by atoms with Gasteiger partial charge in [0, 0.05) is 18.6 Å². The van der Waals surface area contributed by atoms with Crippen molar-refractivity contribution in [2.24, 2.45) is 5.41 Å². The number of anilines is 1. The van der Waals surface area contributed by atoms with Gasteiger partial charge in [-0.05, 0) is 38.5 Å². The van der Waals surface area contributed by atoms with Crippen molar-refractivity contribution in [3.8, 4) is 0 Å². The Labute approximate surface area is 102 Å². The highest BCUT2D eigenvalue weighted by molar-refractivity contribution is 6.20. The highest BCUT2D eigenvalue weighted by Crippen LogP contribution is 2.24. The number of benzene rings is 1. The van der Waals surface area contributed by atoms with Crippen LogP contribution in [-0.4, -0.2) is 18.8 Å². The second kappa shape index (κ2) is 4.88. The van der Waals surface area contributed by atoms with Crippen molar-refractivity contribution in [2.75, 3.05) is 17.8 Å². The topological polar surface area (TPSA) is 20.3 Å². The third-order valence-corrected chi connectivity index (χ3v) is 3.27. The van der Waals surface area contributed by atoms with E-state index in [-0.39, 0.29) is 5.91 Å². The molecule has 0 saturated carbocycles. The Balaban J connectivity index is 2.95. The van der Waals surface area contributed by atoms with Crippen molar-refractivity contribution < 1.29 is 4.79 Å². The van der Waals surface area contributed by atoms with E-state index >= 15 is 0 Å². The molecule has 0 spiro atoms. The summed E-state index contributed by atoms with van der Waals surface area (Å²) >= 11 is 5.80. The summed E-state index contributed by atoms with van der Waals surface area (Å²) in [5.74, 6) is 0.357. The summed E-state index contributed by atoms with van der Waals surface area (Å²) in [7, 11) is 1.78. The monoisotopic (exact) mass is 239 g/mol. The molecule has 0 saturated heterocycles. The first-order valence-electron chi connectivity index (χ1n) is 5.29. The largest absolute Gasteiger partial charge is 0.315 e. The normalized spacial score (nSPS) is 11.3. The summed E-state index contributed by atoms with van der Waals surface area (Å²) in [6.07, 6.45) is 0. The van der Waals surface area contributed by atoms with Crippen LogP contribution < -0.4 is 4.90 Å². The average Bonchev–Trinajstić information content (AvgIpc) is 2.27. The number of alkyl halides is 1. The van der Waals surface area contributed by atoms with Crippen LogP contribution in [0.5, 0.6) is 0 Å². The Kier molecular flexibility index (Phi) is 3.98. The quantitative estimate of drug-likeness (QED) is 0.742. The van der Waals surface area contributed by atoms with Gasteiger partial charge in [-0.15, -0.1) is 11.6 Å². The van der Waals surface area contributed by atoms with Gasteiger partial charge in [-0.1, -0.05) is 12.1 Å². The van der Waals surface area contributed by atoms with Gasteiger partial charge in [0.05, 0.1) is 5.41 Å². The van der Waals surface area contributed by atoms with Crippen molar-refractivity contribution in [1.82, 2.24) is 0 Å². The van der Waals surface area contributed by atoms with Crippen LogP contribution in [0, 0.1) is 12.3 Å². The van der Waals surface area contributed by atoms with Crippen LogP contribution in [0.25, 0.3) is 0 Å². The fourth-order valence-electron chi connectivity index (χ4n) is 1.47. The smallest absolute Gasteiger partial charge is 0.233 e. The highest BCUT2D eigenvalue weighted by atomic mass is 35.5. The zero-order valence-corrected chi connectivity index (χ0v) is 11.0. The van der Waals surface area contributed by atoms with Crippen molar-refractivity contribution in [2.45, 2.75) is 20.8 Å². The van der Waals surface area contributed by atoms with Gasteiger partial charge in [-0.3, -0.25) is 4.79 Å². The fourth-order valence-corrected chi connectivity index (χ4v) is 1.58. The molecule has 88 valence electrons. The van der Waals surface area contributed by atoms with Crippen molar-refractivity contribution in [1.29, 1.82) is 0 Å². The molecule has 0 atom stereocenters. The van der Waals surface area contributed by atoms with Crippen LogP contribution in [0.1, 0.15) is 19.4 Å². The molecule has 1 aromatic carbocycles. The van der Waals surface area contributed by atoms with Gasteiger partial charge in [0.2, 0.25) is 5.91 Å². The Hall–Kier alpha value is -1.02. The maximum atomic E-state index is 12.1.